The van der Waals surface area contributed by atoms with Gasteiger partial charge in [0.05, 0.1) is 6.10 Å². The standard InChI is InChI=1S/C6H12O3/c1-4-3-5(7)6(8-2)9-4/h4-7H,3H2,1-2H3/t4-,5-,6-/m1/s1. The molecule has 0 aromatic rings. The van der Waals surface area contributed by atoms with Crippen molar-refractivity contribution in [3.63, 3.8) is 0 Å². The second kappa shape index (κ2) is 2.64. The van der Waals surface area contributed by atoms with Crippen LogP contribution in [0.15, 0.2) is 0 Å². The van der Waals surface area contributed by atoms with Crippen LogP contribution in [0.2, 0.25) is 0 Å². The van der Waals surface area contributed by atoms with Crippen molar-refractivity contribution in [1.82, 2.24) is 0 Å². The molecule has 0 unspecified atom stereocenters. The quantitative estimate of drug-likeness (QED) is 0.551. The number of methoxy groups -OCH3 is 1. The lowest BCUT2D eigenvalue weighted by Crippen LogP contribution is -2.22. The van der Waals surface area contributed by atoms with Crippen LogP contribution in [0.5, 0.6) is 0 Å². The fourth-order valence-corrected chi connectivity index (χ4v) is 1.04. The van der Waals surface area contributed by atoms with Crippen molar-refractivity contribution >= 4 is 0 Å². The first-order valence-corrected chi connectivity index (χ1v) is 3.10. The molecule has 9 heavy (non-hydrogen) atoms. The topological polar surface area (TPSA) is 38.7 Å². The van der Waals surface area contributed by atoms with E-state index in [0.717, 1.165) is 0 Å². The molecule has 1 fully saturated rings. The van der Waals surface area contributed by atoms with Gasteiger partial charge in [-0.05, 0) is 6.92 Å². The van der Waals surface area contributed by atoms with Crippen molar-refractivity contribution in [3.8, 4) is 0 Å². The van der Waals surface area contributed by atoms with Crippen LogP contribution in [0, 0.1) is 0 Å². The van der Waals surface area contributed by atoms with Crippen molar-refractivity contribution in [1.29, 1.82) is 0 Å². The minimum atomic E-state index is -0.440. The Balaban J connectivity index is 2.38. The molecule has 1 rings (SSSR count). The Morgan fingerprint density at radius 1 is 1.67 bits per heavy atom. The summed E-state index contributed by atoms with van der Waals surface area (Å²) in [6.07, 6.45) is -0.0339. The smallest absolute Gasteiger partial charge is 0.183 e. The van der Waals surface area contributed by atoms with Gasteiger partial charge in [-0.3, -0.25) is 0 Å². The lowest BCUT2D eigenvalue weighted by atomic mass is 10.2. The molecule has 0 aromatic carbocycles. The largest absolute Gasteiger partial charge is 0.388 e. The molecule has 0 bridgehead atoms. The molecule has 1 aliphatic heterocycles. The molecule has 0 spiro atoms. The number of aliphatic hydroxyl groups is 1. The van der Waals surface area contributed by atoms with Crippen LogP contribution in [-0.2, 0) is 9.47 Å². The van der Waals surface area contributed by atoms with Gasteiger partial charge in [0.1, 0.15) is 6.10 Å². The third kappa shape index (κ3) is 1.41. The molecule has 1 heterocycles. The summed E-state index contributed by atoms with van der Waals surface area (Å²) in [5.74, 6) is 0. The van der Waals surface area contributed by atoms with Gasteiger partial charge in [-0.25, -0.2) is 0 Å². The molecule has 54 valence electrons. The Labute approximate surface area is 54.6 Å². The Kier molecular flexibility index (Phi) is 2.05. The van der Waals surface area contributed by atoms with E-state index in [2.05, 4.69) is 0 Å². The predicted octanol–water partition coefficient (Wildman–Crippen LogP) is 0.129. The second-order valence-corrected chi connectivity index (χ2v) is 2.35. The van der Waals surface area contributed by atoms with Crippen molar-refractivity contribution in [2.24, 2.45) is 0 Å². The number of aliphatic hydroxyl groups excluding tert-OH is 1. The summed E-state index contributed by atoms with van der Waals surface area (Å²) in [4.78, 5) is 0. The summed E-state index contributed by atoms with van der Waals surface area (Å²) in [5, 5.41) is 9.11. The summed E-state index contributed by atoms with van der Waals surface area (Å²) in [6, 6.07) is 0. The summed E-state index contributed by atoms with van der Waals surface area (Å²) in [7, 11) is 1.53. The number of hydrogen-bond acceptors (Lipinski definition) is 3. The fourth-order valence-electron chi connectivity index (χ4n) is 1.04. The molecular formula is C6H12O3. The average Bonchev–Trinajstić information content (AvgIpc) is 2.10. The Hall–Kier alpha value is -0.120. The number of rotatable bonds is 1. The summed E-state index contributed by atoms with van der Waals surface area (Å²) in [6.45, 7) is 1.92. The molecule has 3 atom stereocenters. The molecule has 1 aliphatic rings. The highest BCUT2D eigenvalue weighted by atomic mass is 16.7. The van der Waals surface area contributed by atoms with Crippen LogP contribution in [0.25, 0.3) is 0 Å². The second-order valence-electron chi connectivity index (χ2n) is 2.35. The maximum Gasteiger partial charge on any atom is 0.183 e. The van der Waals surface area contributed by atoms with E-state index < -0.39 is 12.4 Å². The maximum absolute atomic E-state index is 9.11. The zero-order valence-electron chi connectivity index (χ0n) is 5.70. The third-order valence-corrected chi connectivity index (χ3v) is 1.49. The van der Waals surface area contributed by atoms with Gasteiger partial charge < -0.3 is 14.6 Å². The van der Waals surface area contributed by atoms with Crippen molar-refractivity contribution in [2.45, 2.75) is 31.8 Å². The minimum Gasteiger partial charge on any atom is -0.388 e. The Morgan fingerprint density at radius 2 is 2.33 bits per heavy atom. The minimum absolute atomic E-state index is 0.130. The number of hydrogen-bond donors (Lipinski definition) is 1. The van der Waals surface area contributed by atoms with Crippen molar-refractivity contribution in [3.05, 3.63) is 0 Å². The molecule has 0 saturated carbocycles. The highest BCUT2D eigenvalue weighted by Gasteiger charge is 2.30. The highest BCUT2D eigenvalue weighted by Crippen LogP contribution is 2.19. The monoisotopic (exact) mass is 132 g/mol. The zero-order valence-corrected chi connectivity index (χ0v) is 5.70. The Morgan fingerprint density at radius 3 is 2.56 bits per heavy atom. The van der Waals surface area contributed by atoms with Gasteiger partial charge in [0.2, 0.25) is 0 Å². The third-order valence-electron chi connectivity index (χ3n) is 1.49. The van der Waals surface area contributed by atoms with E-state index in [4.69, 9.17) is 14.6 Å². The van der Waals surface area contributed by atoms with Crippen LogP contribution < -0.4 is 0 Å². The van der Waals surface area contributed by atoms with Gasteiger partial charge in [0, 0.05) is 13.5 Å². The first-order valence-electron chi connectivity index (χ1n) is 3.10. The van der Waals surface area contributed by atoms with Gasteiger partial charge >= 0.3 is 0 Å². The molecule has 0 aliphatic carbocycles. The fraction of sp³-hybridized carbons (Fsp3) is 1.00. The summed E-state index contributed by atoms with van der Waals surface area (Å²) >= 11 is 0. The lowest BCUT2D eigenvalue weighted by Gasteiger charge is -2.10. The van der Waals surface area contributed by atoms with Crippen LogP contribution in [0.4, 0.5) is 0 Å². The van der Waals surface area contributed by atoms with Gasteiger partial charge in [-0.15, -0.1) is 0 Å². The van der Waals surface area contributed by atoms with Gasteiger partial charge in [0.15, 0.2) is 6.29 Å². The van der Waals surface area contributed by atoms with Gasteiger partial charge in [-0.2, -0.15) is 0 Å². The molecule has 0 radical (unpaired) electrons. The van der Waals surface area contributed by atoms with E-state index in [1.165, 1.54) is 7.11 Å². The van der Waals surface area contributed by atoms with Gasteiger partial charge in [-0.1, -0.05) is 0 Å². The predicted molar refractivity (Wildman–Crippen MR) is 32.0 cm³/mol. The van der Waals surface area contributed by atoms with Crippen molar-refractivity contribution in [2.75, 3.05) is 7.11 Å². The molecule has 1 N–H and O–H groups in total. The molecule has 3 nitrogen and oxygen atoms in total. The first kappa shape index (κ1) is 6.99. The van der Waals surface area contributed by atoms with Gasteiger partial charge in [0.25, 0.3) is 0 Å². The van der Waals surface area contributed by atoms with E-state index in [9.17, 15) is 0 Å². The normalized spacial score (nSPS) is 43.7. The van der Waals surface area contributed by atoms with Crippen LogP contribution in [0.1, 0.15) is 13.3 Å². The van der Waals surface area contributed by atoms with E-state index in [0.29, 0.717) is 6.42 Å². The molecular weight excluding hydrogens is 120 g/mol. The van der Waals surface area contributed by atoms with Crippen LogP contribution >= 0.6 is 0 Å². The molecule has 0 aromatic heterocycles. The SMILES string of the molecule is CO[C@@H]1O[C@H](C)C[C@H]1O. The first-order chi connectivity index (χ1) is 4.24. The molecule has 0 amide bonds. The highest BCUT2D eigenvalue weighted by molar-refractivity contribution is 4.72. The van der Waals surface area contributed by atoms with Crippen LogP contribution in [0.3, 0.4) is 0 Å². The van der Waals surface area contributed by atoms with Crippen LogP contribution in [-0.4, -0.2) is 30.7 Å². The molecule has 1 saturated heterocycles. The van der Waals surface area contributed by atoms with E-state index in [1.54, 1.807) is 0 Å². The summed E-state index contributed by atoms with van der Waals surface area (Å²) < 4.78 is 9.97. The van der Waals surface area contributed by atoms with E-state index in [1.807, 2.05) is 6.92 Å². The Bertz CT molecular complexity index is 94.3. The van der Waals surface area contributed by atoms with E-state index in [-0.39, 0.29) is 6.10 Å². The summed E-state index contributed by atoms with van der Waals surface area (Å²) in [5.41, 5.74) is 0. The van der Waals surface area contributed by atoms with Crippen molar-refractivity contribution < 1.29 is 14.6 Å². The molecule has 3 heteroatoms. The average molecular weight is 132 g/mol. The zero-order chi connectivity index (χ0) is 6.85. The van der Waals surface area contributed by atoms with E-state index >= 15 is 0 Å². The maximum atomic E-state index is 9.11. The number of ether oxygens (including phenoxy) is 2. The lowest BCUT2D eigenvalue weighted by molar-refractivity contribution is -0.145.